The number of carbonyl (C=O) groups is 1. The molecule has 1 aliphatic heterocycles. The van der Waals surface area contributed by atoms with Crippen molar-refractivity contribution in [2.45, 2.75) is 13.1 Å². The second-order valence-electron chi connectivity index (χ2n) is 7.19. The minimum atomic E-state index is -0.492. The van der Waals surface area contributed by atoms with Crippen molar-refractivity contribution in [1.29, 1.82) is 0 Å². The molecule has 3 rings (SSSR count). The molecule has 1 heterocycles. The van der Waals surface area contributed by atoms with E-state index >= 15 is 0 Å². The van der Waals surface area contributed by atoms with Crippen LogP contribution in [-0.4, -0.2) is 61.5 Å². The summed E-state index contributed by atoms with van der Waals surface area (Å²) in [7, 11) is 1.80. The number of guanidine groups is 1. The second kappa shape index (κ2) is 12.7. The van der Waals surface area contributed by atoms with Crippen LogP contribution < -0.4 is 15.8 Å². The van der Waals surface area contributed by atoms with Gasteiger partial charge in [0.05, 0.1) is 0 Å². The number of hydrogen-bond acceptors (Lipinski definition) is 4. The van der Waals surface area contributed by atoms with Crippen LogP contribution in [0.2, 0.25) is 5.02 Å². The summed E-state index contributed by atoms with van der Waals surface area (Å²) in [5, 5.41) is 4.18. The number of carbonyl (C=O) groups excluding carboxylic acids is 1. The third-order valence-electron chi connectivity index (χ3n) is 4.93. The zero-order valence-corrected chi connectivity index (χ0v) is 20.7. The number of aliphatic imine (C=N–C) groups is 1. The Morgan fingerprint density at radius 3 is 2.48 bits per heavy atom. The molecule has 1 fully saturated rings. The molecule has 0 aliphatic carbocycles. The Kier molecular flexibility index (Phi) is 10.4. The SMILES string of the molecule is CN=C(NCc1cccc(OCC(N)=O)c1)N1CCN(Cc2ccc(Cl)cc2)CC1.I. The molecule has 2 aromatic rings. The molecule has 7 nitrogen and oxygen atoms in total. The van der Waals surface area contributed by atoms with Gasteiger partial charge in [0, 0.05) is 51.3 Å². The molecule has 0 saturated carbocycles. The Morgan fingerprint density at radius 2 is 1.84 bits per heavy atom. The van der Waals surface area contributed by atoms with E-state index in [9.17, 15) is 4.79 Å². The van der Waals surface area contributed by atoms with Crippen LogP contribution in [0.3, 0.4) is 0 Å². The van der Waals surface area contributed by atoms with E-state index in [1.54, 1.807) is 13.1 Å². The zero-order valence-electron chi connectivity index (χ0n) is 17.6. The summed E-state index contributed by atoms with van der Waals surface area (Å²) >= 11 is 5.97. The summed E-state index contributed by atoms with van der Waals surface area (Å²) in [6.07, 6.45) is 0. The van der Waals surface area contributed by atoms with E-state index in [1.807, 2.05) is 30.3 Å². The second-order valence-corrected chi connectivity index (χ2v) is 7.63. The van der Waals surface area contributed by atoms with Gasteiger partial charge >= 0.3 is 0 Å². The average Bonchev–Trinajstić information content (AvgIpc) is 2.76. The largest absolute Gasteiger partial charge is 0.484 e. The maximum atomic E-state index is 10.9. The number of ether oxygens (including phenoxy) is 1. The monoisotopic (exact) mass is 557 g/mol. The van der Waals surface area contributed by atoms with Crippen LogP contribution >= 0.6 is 35.6 Å². The van der Waals surface area contributed by atoms with E-state index < -0.39 is 5.91 Å². The van der Waals surface area contributed by atoms with Crippen molar-refractivity contribution in [3.8, 4) is 5.75 Å². The molecular formula is C22H29ClIN5O2. The number of hydrogen-bond donors (Lipinski definition) is 2. The highest BCUT2D eigenvalue weighted by Crippen LogP contribution is 2.14. The fourth-order valence-corrected chi connectivity index (χ4v) is 3.50. The molecule has 31 heavy (non-hydrogen) atoms. The number of primary amides is 1. The average molecular weight is 558 g/mol. The van der Waals surface area contributed by atoms with Crippen LogP contribution in [-0.2, 0) is 17.9 Å². The summed E-state index contributed by atoms with van der Waals surface area (Å²) in [4.78, 5) is 20.0. The maximum Gasteiger partial charge on any atom is 0.255 e. The van der Waals surface area contributed by atoms with Gasteiger partial charge in [-0.25, -0.2) is 0 Å². The number of nitrogens with zero attached hydrogens (tertiary/aromatic N) is 3. The van der Waals surface area contributed by atoms with E-state index in [-0.39, 0.29) is 30.6 Å². The lowest BCUT2D eigenvalue weighted by molar-refractivity contribution is -0.119. The van der Waals surface area contributed by atoms with Gasteiger partial charge in [-0.05, 0) is 35.4 Å². The number of rotatable bonds is 7. The zero-order chi connectivity index (χ0) is 21.3. The minimum absolute atomic E-state index is 0. The standard InChI is InChI=1S/C22H28ClN5O2.HI/c1-25-22(26-14-18-3-2-4-20(13-18)30-16-21(24)29)28-11-9-27(10-12-28)15-17-5-7-19(23)8-6-17;/h2-8,13H,9-12,14-16H2,1H3,(H2,24,29)(H,25,26);1H. The molecule has 3 N–H and O–H groups in total. The fourth-order valence-electron chi connectivity index (χ4n) is 3.38. The molecule has 0 atom stereocenters. The Bertz CT molecular complexity index is 870. The van der Waals surface area contributed by atoms with Crippen molar-refractivity contribution in [2.75, 3.05) is 39.8 Å². The highest BCUT2D eigenvalue weighted by atomic mass is 127. The predicted molar refractivity (Wildman–Crippen MR) is 135 cm³/mol. The van der Waals surface area contributed by atoms with Crippen LogP contribution in [0.25, 0.3) is 0 Å². The van der Waals surface area contributed by atoms with Gasteiger partial charge in [0.2, 0.25) is 0 Å². The van der Waals surface area contributed by atoms with Crippen LogP contribution in [0.5, 0.6) is 5.75 Å². The van der Waals surface area contributed by atoms with Gasteiger partial charge in [-0.1, -0.05) is 35.9 Å². The summed E-state index contributed by atoms with van der Waals surface area (Å²) in [6.45, 7) is 5.18. The van der Waals surface area contributed by atoms with Gasteiger partial charge in [0.25, 0.3) is 5.91 Å². The molecule has 2 aromatic carbocycles. The number of nitrogens with one attached hydrogen (secondary N) is 1. The summed E-state index contributed by atoms with van der Waals surface area (Å²) in [5.41, 5.74) is 7.44. The predicted octanol–water partition coefficient (Wildman–Crippen LogP) is 2.72. The molecule has 168 valence electrons. The summed E-state index contributed by atoms with van der Waals surface area (Å²) in [5.74, 6) is 1.01. The van der Waals surface area contributed by atoms with E-state index in [4.69, 9.17) is 22.1 Å². The first-order valence-electron chi connectivity index (χ1n) is 9.96. The first-order chi connectivity index (χ1) is 14.5. The molecule has 1 aliphatic rings. The molecule has 0 spiro atoms. The number of halogens is 2. The van der Waals surface area contributed by atoms with Crippen molar-refractivity contribution in [2.24, 2.45) is 10.7 Å². The third kappa shape index (κ3) is 8.19. The molecule has 0 aromatic heterocycles. The van der Waals surface area contributed by atoms with Crippen LogP contribution in [0.15, 0.2) is 53.5 Å². The number of nitrogens with two attached hydrogens (primary N) is 1. The number of benzene rings is 2. The van der Waals surface area contributed by atoms with Gasteiger partial charge in [0.1, 0.15) is 5.75 Å². The normalized spacial score (nSPS) is 14.6. The Morgan fingerprint density at radius 1 is 1.13 bits per heavy atom. The topological polar surface area (TPSA) is 83.2 Å². The summed E-state index contributed by atoms with van der Waals surface area (Å²) in [6, 6.07) is 15.6. The minimum Gasteiger partial charge on any atom is -0.484 e. The highest BCUT2D eigenvalue weighted by molar-refractivity contribution is 14.0. The van der Waals surface area contributed by atoms with Crippen molar-refractivity contribution >= 4 is 47.4 Å². The van der Waals surface area contributed by atoms with E-state index in [0.29, 0.717) is 12.3 Å². The maximum absolute atomic E-state index is 10.9. The van der Waals surface area contributed by atoms with Gasteiger partial charge in [-0.2, -0.15) is 0 Å². The molecule has 0 unspecified atom stereocenters. The molecule has 1 saturated heterocycles. The smallest absolute Gasteiger partial charge is 0.255 e. The fraction of sp³-hybridized carbons (Fsp3) is 0.364. The van der Waals surface area contributed by atoms with Crippen molar-refractivity contribution in [3.05, 3.63) is 64.7 Å². The lowest BCUT2D eigenvalue weighted by Gasteiger charge is -2.36. The van der Waals surface area contributed by atoms with Crippen LogP contribution in [0.4, 0.5) is 0 Å². The third-order valence-corrected chi connectivity index (χ3v) is 5.19. The molecular weight excluding hydrogens is 529 g/mol. The highest BCUT2D eigenvalue weighted by Gasteiger charge is 2.19. The van der Waals surface area contributed by atoms with Crippen molar-refractivity contribution < 1.29 is 9.53 Å². The van der Waals surface area contributed by atoms with E-state index in [1.165, 1.54) is 5.56 Å². The van der Waals surface area contributed by atoms with Gasteiger partial charge in [-0.15, -0.1) is 24.0 Å². The Balaban J connectivity index is 0.00000341. The first-order valence-corrected chi connectivity index (χ1v) is 10.3. The van der Waals surface area contributed by atoms with Gasteiger partial charge in [0.15, 0.2) is 12.6 Å². The Hall–Kier alpha value is -2.04. The molecule has 1 amide bonds. The molecule has 0 radical (unpaired) electrons. The van der Waals surface area contributed by atoms with Crippen molar-refractivity contribution in [1.82, 2.24) is 15.1 Å². The lowest BCUT2D eigenvalue weighted by Crippen LogP contribution is -2.52. The lowest BCUT2D eigenvalue weighted by atomic mass is 10.2. The first kappa shape index (κ1) is 25.2. The van der Waals surface area contributed by atoms with Gasteiger partial charge in [-0.3, -0.25) is 14.7 Å². The van der Waals surface area contributed by atoms with E-state index in [2.05, 4.69) is 32.2 Å². The quantitative estimate of drug-likeness (QED) is 0.311. The molecule has 0 bridgehead atoms. The Labute approximate surface area is 205 Å². The van der Waals surface area contributed by atoms with Crippen LogP contribution in [0.1, 0.15) is 11.1 Å². The summed E-state index contributed by atoms with van der Waals surface area (Å²) < 4.78 is 5.37. The van der Waals surface area contributed by atoms with E-state index in [0.717, 1.165) is 49.3 Å². The molecule has 9 heteroatoms. The van der Waals surface area contributed by atoms with Gasteiger partial charge < -0.3 is 20.7 Å². The number of amides is 1. The van der Waals surface area contributed by atoms with Crippen molar-refractivity contribution in [3.63, 3.8) is 0 Å². The van der Waals surface area contributed by atoms with Crippen LogP contribution in [0, 0.1) is 0 Å². The number of piperazine rings is 1.